The fraction of sp³-hybridized carbons (Fsp3) is 0.333. The van der Waals surface area contributed by atoms with Crippen LogP contribution in [-0.4, -0.2) is 44.2 Å². The minimum Gasteiger partial charge on any atom is -0.465 e. The molecule has 0 unspecified atom stereocenters. The molecule has 0 aromatic heterocycles. The van der Waals surface area contributed by atoms with Gasteiger partial charge in [-0.15, -0.1) is 0 Å². The number of imide groups is 1. The van der Waals surface area contributed by atoms with Gasteiger partial charge in [0.1, 0.15) is 5.75 Å². The van der Waals surface area contributed by atoms with E-state index in [1.807, 2.05) is 6.07 Å². The lowest BCUT2D eigenvalue weighted by atomic mass is 9.97. The number of methoxy groups -OCH3 is 2. The number of benzene rings is 2. The van der Waals surface area contributed by atoms with E-state index in [1.165, 1.54) is 25.3 Å². The van der Waals surface area contributed by atoms with Crippen LogP contribution >= 0.6 is 0 Å². The van der Waals surface area contributed by atoms with E-state index >= 15 is 0 Å². The van der Waals surface area contributed by atoms with Gasteiger partial charge in [0.05, 0.1) is 36.9 Å². The fourth-order valence-electron chi connectivity index (χ4n) is 2.80. The van der Waals surface area contributed by atoms with Gasteiger partial charge in [0.15, 0.2) is 0 Å². The van der Waals surface area contributed by atoms with Crippen molar-refractivity contribution in [2.24, 2.45) is 11.1 Å². The second-order valence-corrected chi connectivity index (χ2v) is 8.29. The summed E-state index contributed by atoms with van der Waals surface area (Å²) in [5.74, 6) is -2.14. The van der Waals surface area contributed by atoms with Gasteiger partial charge in [0, 0.05) is 6.07 Å². The molecule has 0 fully saturated rings. The van der Waals surface area contributed by atoms with Crippen molar-refractivity contribution in [3.8, 4) is 5.75 Å². The molecular formula is C24H28N2O7. The summed E-state index contributed by atoms with van der Waals surface area (Å²) in [5.41, 5.74) is 5.97. The predicted molar refractivity (Wildman–Crippen MR) is 121 cm³/mol. The van der Waals surface area contributed by atoms with E-state index < -0.39 is 35.4 Å². The molecule has 0 bridgehead atoms. The van der Waals surface area contributed by atoms with Gasteiger partial charge in [-0.25, -0.2) is 14.5 Å². The molecule has 0 saturated heterocycles. The van der Waals surface area contributed by atoms with Crippen molar-refractivity contribution in [1.29, 1.82) is 0 Å². The van der Waals surface area contributed by atoms with E-state index in [1.54, 1.807) is 45.0 Å². The Morgan fingerprint density at radius 3 is 2.15 bits per heavy atom. The number of esters is 2. The largest absolute Gasteiger partial charge is 0.465 e. The average Bonchev–Trinajstić information content (AvgIpc) is 2.78. The summed E-state index contributed by atoms with van der Waals surface area (Å²) in [4.78, 5) is 51.0. The molecule has 0 aliphatic heterocycles. The Morgan fingerprint density at radius 1 is 0.970 bits per heavy atom. The molecule has 0 saturated carbocycles. The number of anilines is 1. The van der Waals surface area contributed by atoms with Gasteiger partial charge in [0.25, 0.3) is 5.91 Å². The summed E-state index contributed by atoms with van der Waals surface area (Å²) >= 11 is 0. The average molecular weight is 456 g/mol. The number of carbonyl (C=O) groups is 4. The Labute approximate surface area is 192 Å². The zero-order valence-corrected chi connectivity index (χ0v) is 19.3. The van der Waals surface area contributed by atoms with Crippen LogP contribution in [-0.2, 0) is 25.5 Å². The van der Waals surface area contributed by atoms with Gasteiger partial charge in [-0.1, -0.05) is 30.3 Å². The van der Waals surface area contributed by atoms with Gasteiger partial charge in [-0.3, -0.25) is 9.59 Å². The number of ether oxygens (including phenoxy) is 3. The highest BCUT2D eigenvalue weighted by atomic mass is 16.5. The van der Waals surface area contributed by atoms with Crippen LogP contribution in [0.4, 0.5) is 10.5 Å². The monoisotopic (exact) mass is 456 g/mol. The van der Waals surface area contributed by atoms with Crippen molar-refractivity contribution in [1.82, 2.24) is 0 Å². The maximum atomic E-state index is 13.2. The highest BCUT2D eigenvalue weighted by Gasteiger charge is 2.31. The Balaban J connectivity index is 2.49. The first-order valence-corrected chi connectivity index (χ1v) is 10.1. The molecule has 9 heteroatoms. The Bertz CT molecular complexity index is 1030. The van der Waals surface area contributed by atoms with Crippen molar-refractivity contribution < 1.29 is 33.4 Å². The lowest BCUT2D eigenvalue weighted by Gasteiger charge is -2.24. The molecule has 2 aromatic carbocycles. The van der Waals surface area contributed by atoms with Crippen LogP contribution in [0.2, 0.25) is 0 Å². The predicted octanol–water partition coefficient (Wildman–Crippen LogP) is 3.09. The molecule has 2 rings (SSSR count). The van der Waals surface area contributed by atoms with Crippen LogP contribution in [0.25, 0.3) is 0 Å². The number of nitrogens with zero attached hydrogens (tertiary/aromatic N) is 1. The second-order valence-electron chi connectivity index (χ2n) is 8.29. The number of carbonyl (C=O) groups excluding carboxylic acids is 4. The third-order valence-corrected chi connectivity index (χ3v) is 4.59. The van der Waals surface area contributed by atoms with E-state index in [2.05, 4.69) is 0 Å². The third-order valence-electron chi connectivity index (χ3n) is 4.59. The van der Waals surface area contributed by atoms with Gasteiger partial charge in [-0.05, 0) is 44.9 Å². The summed E-state index contributed by atoms with van der Waals surface area (Å²) < 4.78 is 14.9. The molecule has 2 N–H and O–H groups in total. The first-order chi connectivity index (χ1) is 15.5. The van der Waals surface area contributed by atoms with Crippen molar-refractivity contribution >= 4 is 29.6 Å². The highest BCUT2D eigenvalue weighted by molar-refractivity contribution is 6.14. The van der Waals surface area contributed by atoms with Crippen LogP contribution in [0.15, 0.2) is 48.5 Å². The van der Waals surface area contributed by atoms with Gasteiger partial charge in [-0.2, -0.15) is 0 Å². The molecule has 2 amide bonds. The maximum absolute atomic E-state index is 13.2. The summed E-state index contributed by atoms with van der Waals surface area (Å²) in [6.07, 6.45) is -0.853. The van der Waals surface area contributed by atoms with Gasteiger partial charge >= 0.3 is 18.0 Å². The standard InChI is InChI=1S/C24H28N2O7/c1-24(2,3)22(29)33-18-13-16(21(28)31-4)12-17(14-18)26(23(30)32-5)20(27)19(25)11-15-9-7-6-8-10-15/h6-10,12-14,19H,11,25H2,1-5H3/t19-/m0/s1. The molecular weight excluding hydrogens is 428 g/mol. The van der Waals surface area contributed by atoms with E-state index in [-0.39, 0.29) is 23.4 Å². The van der Waals surface area contributed by atoms with Crippen molar-refractivity contribution in [2.75, 3.05) is 19.1 Å². The second kappa shape index (κ2) is 10.7. The molecule has 2 aromatic rings. The molecule has 9 nitrogen and oxygen atoms in total. The molecule has 1 atom stereocenters. The van der Waals surface area contributed by atoms with E-state index in [9.17, 15) is 19.2 Å². The summed E-state index contributed by atoms with van der Waals surface area (Å²) in [6, 6.07) is 11.8. The number of amides is 2. The lowest BCUT2D eigenvalue weighted by molar-refractivity contribution is -0.143. The fourth-order valence-corrected chi connectivity index (χ4v) is 2.80. The number of hydrogen-bond donors (Lipinski definition) is 1. The van der Waals surface area contributed by atoms with Crippen molar-refractivity contribution in [3.63, 3.8) is 0 Å². The number of hydrogen-bond acceptors (Lipinski definition) is 8. The first kappa shape index (κ1) is 25.5. The molecule has 0 heterocycles. The Hall–Kier alpha value is -3.72. The van der Waals surface area contributed by atoms with Crippen LogP contribution < -0.4 is 15.4 Å². The third kappa shape index (κ3) is 6.63. The molecule has 0 spiro atoms. The molecule has 176 valence electrons. The van der Waals surface area contributed by atoms with Crippen molar-refractivity contribution in [3.05, 3.63) is 59.7 Å². The van der Waals surface area contributed by atoms with E-state index in [4.69, 9.17) is 19.9 Å². The molecule has 0 aliphatic rings. The minimum absolute atomic E-state index is 0.0370. The quantitative estimate of drug-likeness (QED) is 0.519. The van der Waals surface area contributed by atoms with Crippen LogP contribution in [0.5, 0.6) is 5.75 Å². The lowest BCUT2D eigenvalue weighted by Crippen LogP contribution is -2.48. The van der Waals surface area contributed by atoms with Crippen LogP contribution in [0.1, 0.15) is 36.7 Å². The minimum atomic E-state index is -1.09. The number of rotatable bonds is 6. The topological polar surface area (TPSA) is 125 Å². The van der Waals surface area contributed by atoms with Gasteiger partial charge in [0.2, 0.25) is 0 Å². The molecule has 0 aliphatic carbocycles. The zero-order valence-electron chi connectivity index (χ0n) is 19.3. The van der Waals surface area contributed by atoms with Crippen LogP contribution in [0.3, 0.4) is 0 Å². The normalized spacial score (nSPS) is 11.8. The molecule has 33 heavy (non-hydrogen) atoms. The Kier molecular flexibility index (Phi) is 8.31. The molecule has 0 radical (unpaired) electrons. The SMILES string of the molecule is COC(=O)c1cc(OC(=O)C(C)(C)C)cc(N(C(=O)OC)C(=O)[C@@H](N)Cc2ccccc2)c1. The number of nitrogens with two attached hydrogens (primary N) is 1. The maximum Gasteiger partial charge on any atom is 0.420 e. The van der Waals surface area contributed by atoms with E-state index in [0.29, 0.717) is 4.90 Å². The van der Waals surface area contributed by atoms with Crippen molar-refractivity contribution in [2.45, 2.75) is 33.2 Å². The Morgan fingerprint density at radius 2 is 1.61 bits per heavy atom. The first-order valence-electron chi connectivity index (χ1n) is 10.1. The summed E-state index contributed by atoms with van der Waals surface area (Å²) in [6.45, 7) is 4.98. The smallest absolute Gasteiger partial charge is 0.420 e. The van der Waals surface area contributed by atoms with E-state index in [0.717, 1.165) is 12.7 Å². The van der Waals surface area contributed by atoms with Crippen LogP contribution in [0, 0.1) is 5.41 Å². The summed E-state index contributed by atoms with van der Waals surface area (Å²) in [5, 5.41) is 0. The van der Waals surface area contributed by atoms with Gasteiger partial charge < -0.3 is 19.9 Å². The zero-order chi connectivity index (χ0) is 24.8. The highest BCUT2D eigenvalue weighted by Crippen LogP contribution is 2.28. The summed E-state index contributed by atoms with van der Waals surface area (Å²) in [7, 11) is 2.28.